The summed E-state index contributed by atoms with van der Waals surface area (Å²) in [5.41, 5.74) is -0.177. The summed E-state index contributed by atoms with van der Waals surface area (Å²) in [7, 11) is 2.81. The van der Waals surface area contributed by atoms with E-state index in [0.29, 0.717) is 17.5 Å². The van der Waals surface area contributed by atoms with Gasteiger partial charge in [0.15, 0.2) is 11.5 Å². The summed E-state index contributed by atoms with van der Waals surface area (Å²) in [5, 5.41) is 21.1. The monoisotopic (exact) mass is 240 g/mol. The van der Waals surface area contributed by atoms with E-state index in [9.17, 15) is 10.1 Å². The molecule has 0 unspecified atom stereocenters. The van der Waals surface area contributed by atoms with Crippen LogP contribution in [0.3, 0.4) is 0 Å². The Balaban J connectivity index is 3.36. The molecule has 0 radical (unpaired) electrons. The van der Waals surface area contributed by atoms with Crippen LogP contribution in [0.15, 0.2) is 17.0 Å². The molecular weight excluding hydrogens is 232 g/mol. The maximum atomic E-state index is 10.8. The van der Waals surface area contributed by atoms with Crippen LogP contribution in [0.1, 0.15) is 0 Å². The third-order valence-corrected chi connectivity index (χ3v) is 2.46. The van der Waals surface area contributed by atoms with Gasteiger partial charge in [-0.1, -0.05) is 0 Å². The van der Waals surface area contributed by atoms with Crippen molar-refractivity contribution in [1.29, 1.82) is 5.26 Å². The first-order chi connectivity index (χ1) is 7.63. The smallest absolute Gasteiger partial charge is 0.287 e. The van der Waals surface area contributed by atoms with Gasteiger partial charge in [0.25, 0.3) is 5.69 Å². The number of rotatable bonds is 4. The first-order valence-electron chi connectivity index (χ1n) is 4.10. The highest BCUT2D eigenvalue weighted by atomic mass is 32.2. The van der Waals surface area contributed by atoms with Crippen molar-refractivity contribution in [2.75, 3.05) is 14.2 Å². The van der Waals surface area contributed by atoms with E-state index >= 15 is 0 Å². The number of nitriles is 1. The Hall–Kier alpha value is -1.94. The highest BCUT2D eigenvalue weighted by molar-refractivity contribution is 8.03. The van der Waals surface area contributed by atoms with Crippen LogP contribution in [0.4, 0.5) is 5.69 Å². The molecule has 0 aliphatic carbocycles. The van der Waals surface area contributed by atoms with Gasteiger partial charge in [-0.05, 0) is 11.8 Å². The standard InChI is InChI=1S/C9H8N2O4S/c1-14-7-3-6(11(12)13)9(16-5-10)4-8(7)15-2/h3-4H,1-2H3. The first-order valence-corrected chi connectivity index (χ1v) is 4.92. The molecule has 6 nitrogen and oxygen atoms in total. The lowest BCUT2D eigenvalue weighted by atomic mass is 10.3. The lowest BCUT2D eigenvalue weighted by Gasteiger charge is -2.08. The Morgan fingerprint density at radius 2 is 1.94 bits per heavy atom. The summed E-state index contributed by atoms with van der Waals surface area (Å²) in [4.78, 5) is 10.4. The molecule has 0 saturated carbocycles. The van der Waals surface area contributed by atoms with E-state index in [4.69, 9.17) is 14.7 Å². The molecule has 0 amide bonds. The zero-order valence-electron chi connectivity index (χ0n) is 8.59. The van der Waals surface area contributed by atoms with Gasteiger partial charge in [0.2, 0.25) is 0 Å². The van der Waals surface area contributed by atoms with E-state index in [0.717, 1.165) is 0 Å². The van der Waals surface area contributed by atoms with Crippen LogP contribution >= 0.6 is 11.8 Å². The van der Waals surface area contributed by atoms with Crippen molar-refractivity contribution in [3.8, 4) is 16.9 Å². The topological polar surface area (TPSA) is 85.4 Å². The van der Waals surface area contributed by atoms with Gasteiger partial charge in [-0.3, -0.25) is 10.1 Å². The molecule has 1 aromatic carbocycles. The Morgan fingerprint density at radius 3 is 2.38 bits per heavy atom. The average Bonchev–Trinajstić information content (AvgIpc) is 2.28. The molecule has 0 saturated heterocycles. The number of hydrogen-bond donors (Lipinski definition) is 0. The van der Waals surface area contributed by atoms with Gasteiger partial charge >= 0.3 is 0 Å². The lowest BCUT2D eigenvalue weighted by Crippen LogP contribution is -1.95. The second-order valence-electron chi connectivity index (χ2n) is 2.63. The van der Waals surface area contributed by atoms with Crippen molar-refractivity contribution in [1.82, 2.24) is 0 Å². The molecule has 0 aliphatic heterocycles. The minimum Gasteiger partial charge on any atom is -0.493 e. The van der Waals surface area contributed by atoms with Crippen LogP contribution in [0.2, 0.25) is 0 Å². The zero-order chi connectivity index (χ0) is 12.1. The molecule has 0 N–H and O–H groups in total. The number of nitro benzene ring substituents is 1. The Bertz CT molecular complexity index is 456. The number of nitrogens with zero attached hydrogens (tertiary/aromatic N) is 2. The van der Waals surface area contributed by atoms with Crippen LogP contribution < -0.4 is 9.47 Å². The van der Waals surface area contributed by atoms with Crippen LogP contribution in [0, 0.1) is 20.8 Å². The molecule has 84 valence electrons. The fraction of sp³-hybridized carbons (Fsp3) is 0.222. The molecular formula is C9H8N2O4S. The van der Waals surface area contributed by atoms with Gasteiger partial charge in [0.1, 0.15) is 10.3 Å². The minimum absolute atomic E-state index is 0.177. The van der Waals surface area contributed by atoms with E-state index in [1.165, 1.54) is 26.4 Å². The summed E-state index contributed by atoms with van der Waals surface area (Å²) >= 11 is 0.707. The number of benzene rings is 1. The molecule has 16 heavy (non-hydrogen) atoms. The number of methoxy groups -OCH3 is 2. The Labute approximate surface area is 95.9 Å². The van der Waals surface area contributed by atoms with Crippen molar-refractivity contribution < 1.29 is 14.4 Å². The van der Waals surface area contributed by atoms with Gasteiger partial charge in [-0.15, -0.1) is 0 Å². The lowest BCUT2D eigenvalue weighted by molar-refractivity contribution is -0.387. The largest absolute Gasteiger partial charge is 0.493 e. The van der Waals surface area contributed by atoms with E-state index in [1.807, 2.05) is 0 Å². The molecule has 0 heterocycles. The molecule has 0 bridgehead atoms. The first kappa shape index (κ1) is 12.1. The van der Waals surface area contributed by atoms with Crippen LogP contribution in [-0.2, 0) is 0 Å². The maximum absolute atomic E-state index is 10.8. The summed E-state index contributed by atoms with van der Waals surface area (Å²) < 4.78 is 9.93. The van der Waals surface area contributed by atoms with Crippen molar-refractivity contribution in [2.45, 2.75) is 4.90 Å². The number of nitro groups is 1. The summed E-state index contributed by atoms with van der Waals surface area (Å²) in [5.74, 6) is 0.613. The van der Waals surface area contributed by atoms with Crippen molar-refractivity contribution >= 4 is 17.4 Å². The van der Waals surface area contributed by atoms with E-state index in [2.05, 4.69) is 0 Å². The number of hydrogen-bond acceptors (Lipinski definition) is 6. The van der Waals surface area contributed by atoms with Gasteiger partial charge in [0, 0.05) is 6.07 Å². The van der Waals surface area contributed by atoms with Crippen LogP contribution in [0.25, 0.3) is 0 Å². The summed E-state index contributed by atoms with van der Waals surface area (Å²) in [6.07, 6.45) is 0. The average molecular weight is 240 g/mol. The number of ether oxygens (including phenoxy) is 2. The van der Waals surface area contributed by atoms with E-state index < -0.39 is 4.92 Å². The van der Waals surface area contributed by atoms with E-state index in [-0.39, 0.29) is 16.3 Å². The van der Waals surface area contributed by atoms with Crippen LogP contribution in [-0.4, -0.2) is 19.1 Å². The fourth-order valence-electron chi connectivity index (χ4n) is 1.12. The third-order valence-electron chi connectivity index (χ3n) is 1.82. The number of thiocyanates is 1. The van der Waals surface area contributed by atoms with Crippen molar-refractivity contribution in [2.24, 2.45) is 0 Å². The normalized spacial score (nSPS) is 9.31. The quantitative estimate of drug-likeness (QED) is 0.347. The molecule has 7 heteroatoms. The van der Waals surface area contributed by atoms with Crippen LogP contribution in [0.5, 0.6) is 11.5 Å². The zero-order valence-corrected chi connectivity index (χ0v) is 9.41. The van der Waals surface area contributed by atoms with Gasteiger partial charge in [-0.2, -0.15) is 5.26 Å². The fourth-order valence-corrected chi connectivity index (χ4v) is 1.63. The predicted molar refractivity (Wildman–Crippen MR) is 57.7 cm³/mol. The van der Waals surface area contributed by atoms with Crippen molar-refractivity contribution in [3.63, 3.8) is 0 Å². The number of thioether (sulfide) groups is 1. The van der Waals surface area contributed by atoms with Gasteiger partial charge in [-0.25, -0.2) is 0 Å². The summed E-state index contributed by atoms with van der Waals surface area (Å²) in [6, 6.07) is 2.64. The molecule has 1 rings (SSSR count). The highest BCUT2D eigenvalue weighted by Crippen LogP contribution is 2.38. The predicted octanol–water partition coefficient (Wildman–Crippen LogP) is 2.19. The molecule has 0 atom stereocenters. The molecule has 0 spiro atoms. The Morgan fingerprint density at radius 1 is 1.38 bits per heavy atom. The Kier molecular flexibility index (Phi) is 3.96. The highest BCUT2D eigenvalue weighted by Gasteiger charge is 2.19. The maximum Gasteiger partial charge on any atom is 0.287 e. The third kappa shape index (κ3) is 2.35. The van der Waals surface area contributed by atoms with Gasteiger partial charge in [0.05, 0.1) is 25.2 Å². The second kappa shape index (κ2) is 5.23. The molecule has 0 fully saturated rings. The molecule has 1 aromatic rings. The molecule has 0 aromatic heterocycles. The SMILES string of the molecule is COc1cc(SC#N)c([N+](=O)[O-])cc1OC. The van der Waals surface area contributed by atoms with Gasteiger partial charge < -0.3 is 9.47 Å². The molecule has 0 aliphatic rings. The van der Waals surface area contributed by atoms with Crippen molar-refractivity contribution in [3.05, 3.63) is 22.2 Å². The summed E-state index contributed by atoms with van der Waals surface area (Å²) in [6.45, 7) is 0. The second-order valence-corrected chi connectivity index (χ2v) is 3.45. The van der Waals surface area contributed by atoms with E-state index in [1.54, 1.807) is 5.40 Å². The minimum atomic E-state index is -0.568.